The minimum absolute atomic E-state index is 0.0159. The van der Waals surface area contributed by atoms with E-state index in [0.717, 1.165) is 25.5 Å². The zero-order valence-corrected chi connectivity index (χ0v) is 17.4. The second-order valence-corrected chi connectivity index (χ2v) is 9.49. The van der Waals surface area contributed by atoms with E-state index in [0.29, 0.717) is 24.6 Å². The monoisotopic (exact) mass is 418 g/mol. The zero-order valence-electron chi connectivity index (χ0n) is 16.6. The van der Waals surface area contributed by atoms with Gasteiger partial charge in [-0.3, -0.25) is 4.79 Å². The van der Waals surface area contributed by atoms with E-state index in [1.165, 1.54) is 29.8 Å². The normalized spacial score (nSPS) is 16.6. The molecule has 2 aromatic carbocycles. The molecule has 1 aliphatic heterocycles. The van der Waals surface area contributed by atoms with Gasteiger partial charge in [0, 0.05) is 19.5 Å². The first-order valence-corrected chi connectivity index (χ1v) is 11.7. The highest BCUT2D eigenvalue weighted by molar-refractivity contribution is 7.88. The number of hydrogen-bond acceptors (Lipinski definition) is 3. The standard InChI is InChI=1S/C22H27FN2O3S/c1-29(27,28)24-21(19-7-9-20(23)10-8-19)16-22(26)25-13-11-18(12-14-25)15-17-5-3-2-4-6-17/h2-10,18,21,24H,11-16H2,1H3. The van der Waals surface area contributed by atoms with Crippen LogP contribution < -0.4 is 4.72 Å². The van der Waals surface area contributed by atoms with Gasteiger partial charge in [-0.15, -0.1) is 0 Å². The predicted octanol–water partition coefficient (Wildman–Crippen LogP) is 3.29. The van der Waals surface area contributed by atoms with Gasteiger partial charge >= 0.3 is 0 Å². The smallest absolute Gasteiger partial charge is 0.224 e. The summed E-state index contributed by atoms with van der Waals surface area (Å²) < 4.78 is 39.2. The average Bonchev–Trinajstić information content (AvgIpc) is 2.68. The topological polar surface area (TPSA) is 66.5 Å². The third kappa shape index (κ3) is 6.65. The number of carbonyl (C=O) groups is 1. The lowest BCUT2D eigenvalue weighted by atomic mass is 9.90. The fourth-order valence-electron chi connectivity index (χ4n) is 3.82. The molecule has 0 saturated carbocycles. The number of piperidine rings is 1. The lowest BCUT2D eigenvalue weighted by Crippen LogP contribution is -2.41. The molecule has 1 amide bonds. The molecule has 1 fully saturated rings. The molecule has 7 heteroatoms. The van der Waals surface area contributed by atoms with Crippen LogP contribution in [0, 0.1) is 11.7 Å². The summed E-state index contributed by atoms with van der Waals surface area (Å²) in [5, 5.41) is 0. The lowest BCUT2D eigenvalue weighted by molar-refractivity contribution is -0.133. The Morgan fingerprint density at radius 1 is 1.10 bits per heavy atom. The number of hydrogen-bond donors (Lipinski definition) is 1. The number of carbonyl (C=O) groups excluding carboxylic acids is 1. The third-order valence-corrected chi connectivity index (χ3v) is 6.05. The molecule has 1 saturated heterocycles. The fourth-order valence-corrected chi connectivity index (χ4v) is 4.55. The summed E-state index contributed by atoms with van der Waals surface area (Å²) in [5.74, 6) is 0.0517. The van der Waals surface area contributed by atoms with E-state index in [1.807, 2.05) is 23.1 Å². The first kappa shape index (κ1) is 21.5. The van der Waals surface area contributed by atoms with Gasteiger partial charge in [-0.2, -0.15) is 0 Å². The van der Waals surface area contributed by atoms with Crippen molar-refractivity contribution in [2.75, 3.05) is 19.3 Å². The van der Waals surface area contributed by atoms with Gasteiger partial charge in [-0.25, -0.2) is 17.5 Å². The molecule has 0 aliphatic carbocycles. The van der Waals surface area contributed by atoms with Crippen LogP contribution in [0.5, 0.6) is 0 Å². The van der Waals surface area contributed by atoms with Crippen molar-refractivity contribution < 1.29 is 17.6 Å². The quantitative estimate of drug-likeness (QED) is 0.750. The summed E-state index contributed by atoms with van der Waals surface area (Å²) in [6, 6.07) is 15.2. The van der Waals surface area contributed by atoms with Crippen molar-refractivity contribution in [1.29, 1.82) is 0 Å². The number of sulfonamides is 1. The van der Waals surface area contributed by atoms with Crippen LogP contribution in [0.4, 0.5) is 4.39 Å². The maximum absolute atomic E-state index is 13.2. The van der Waals surface area contributed by atoms with Crippen LogP contribution in [0.2, 0.25) is 0 Å². The van der Waals surface area contributed by atoms with Crippen molar-refractivity contribution in [3.8, 4) is 0 Å². The number of halogens is 1. The van der Waals surface area contributed by atoms with Gasteiger partial charge in [0.15, 0.2) is 0 Å². The van der Waals surface area contributed by atoms with E-state index in [9.17, 15) is 17.6 Å². The van der Waals surface area contributed by atoms with Gasteiger partial charge in [0.2, 0.25) is 15.9 Å². The Morgan fingerprint density at radius 2 is 1.72 bits per heavy atom. The van der Waals surface area contributed by atoms with E-state index in [1.54, 1.807) is 0 Å². The maximum atomic E-state index is 13.2. The van der Waals surface area contributed by atoms with Crippen LogP contribution in [0.15, 0.2) is 54.6 Å². The van der Waals surface area contributed by atoms with Crippen LogP contribution in [0.3, 0.4) is 0 Å². The maximum Gasteiger partial charge on any atom is 0.224 e. The number of nitrogens with zero attached hydrogens (tertiary/aromatic N) is 1. The molecule has 1 heterocycles. The Hall–Kier alpha value is -2.25. The Bertz CT molecular complexity index is 909. The summed E-state index contributed by atoms with van der Waals surface area (Å²) in [6.07, 6.45) is 3.95. The molecule has 0 bridgehead atoms. The Balaban J connectivity index is 1.59. The number of nitrogens with one attached hydrogen (secondary N) is 1. The highest BCUT2D eigenvalue weighted by atomic mass is 32.2. The first-order chi connectivity index (χ1) is 13.8. The molecule has 156 valence electrons. The van der Waals surface area contributed by atoms with Crippen LogP contribution in [0.25, 0.3) is 0 Å². The molecule has 0 aromatic heterocycles. The van der Waals surface area contributed by atoms with Gasteiger partial charge in [-0.05, 0) is 48.4 Å². The molecule has 0 radical (unpaired) electrons. The third-order valence-electron chi connectivity index (χ3n) is 5.34. The van der Waals surface area contributed by atoms with Crippen molar-refractivity contribution in [1.82, 2.24) is 9.62 Å². The summed E-state index contributed by atoms with van der Waals surface area (Å²) in [7, 11) is -3.52. The van der Waals surface area contributed by atoms with Gasteiger partial charge in [0.1, 0.15) is 5.82 Å². The van der Waals surface area contributed by atoms with E-state index < -0.39 is 21.9 Å². The van der Waals surface area contributed by atoms with E-state index in [4.69, 9.17) is 0 Å². The molecule has 3 rings (SSSR count). The number of rotatable bonds is 7. The van der Waals surface area contributed by atoms with Crippen molar-refractivity contribution >= 4 is 15.9 Å². The second-order valence-electron chi connectivity index (χ2n) is 7.71. The van der Waals surface area contributed by atoms with Crippen LogP contribution >= 0.6 is 0 Å². The van der Waals surface area contributed by atoms with Gasteiger partial charge in [0.05, 0.1) is 12.3 Å². The van der Waals surface area contributed by atoms with Gasteiger partial charge in [-0.1, -0.05) is 42.5 Å². The number of likely N-dealkylation sites (tertiary alicyclic amines) is 1. The molecule has 2 aromatic rings. The SMILES string of the molecule is CS(=O)(=O)NC(CC(=O)N1CCC(Cc2ccccc2)CC1)c1ccc(F)cc1. The Morgan fingerprint density at radius 3 is 2.31 bits per heavy atom. The van der Waals surface area contributed by atoms with Gasteiger partial charge in [0.25, 0.3) is 0 Å². The first-order valence-electron chi connectivity index (χ1n) is 9.84. The van der Waals surface area contributed by atoms with Crippen molar-refractivity contribution in [3.63, 3.8) is 0 Å². The Kier molecular flexibility index (Phi) is 7.03. The summed E-state index contributed by atoms with van der Waals surface area (Å²) >= 11 is 0. The van der Waals surface area contributed by atoms with E-state index in [-0.39, 0.29) is 12.3 Å². The van der Waals surface area contributed by atoms with Crippen LogP contribution in [0.1, 0.15) is 36.4 Å². The highest BCUT2D eigenvalue weighted by Crippen LogP contribution is 2.24. The highest BCUT2D eigenvalue weighted by Gasteiger charge is 2.26. The summed E-state index contributed by atoms with van der Waals surface area (Å²) in [6.45, 7) is 1.34. The molecule has 1 aliphatic rings. The summed E-state index contributed by atoms with van der Waals surface area (Å²) in [5.41, 5.74) is 1.88. The molecule has 1 N–H and O–H groups in total. The molecule has 29 heavy (non-hydrogen) atoms. The molecular weight excluding hydrogens is 391 g/mol. The predicted molar refractivity (Wildman–Crippen MR) is 111 cm³/mol. The van der Waals surface area contributed by atoms with Gasteiger partial charge < -0.3 is 4.90 Å². The molecule has 5 nitrogen and oxygen atoms in total. The second kappa shape index (κ2) is 9.50. The molecular formula is C22H27FN2O3S. The van der Waals surface area contributed by atoms with Crippen LogP contribution in [-0.2, 0) is 21.2 Å². The largest absolute Gasteiger partial charge is 0.343 e. The fraction of sp³-hybridized carbons (Fsp3) is 0.409. The number of amides is 1. The van der Waals surface area contributed by atoms with Crippen molar-refractivity contribution in [3.05, 3.63) is 71.5 Å². The van der Waals surface area contributed by atoms with Crippen LogP contribution in [-0.4, -0.2) is 38.6 Å². The van der Waals surface area contributed by atoms with Crippen molar-refractivity contribution in [2.24, 2.45) is 5.92 Å². The molecule has 0 spiro atoms. The van der Waals surface area contributed by atoms with E-state index >= 15 is 0 Å². The minimum atomic E-state index is -3.52. The average molecular weight is 419 g/mol. The minimum Gasteiger partial charge on any atom is -0.343 e. The van der Waals surface area contributed by atoms with Crippen molar-refractivity contribution in [2.45, 2.75) is 31.7 Å². The summed E-state index contributed by atoms with van der Waals surface area (Å²) in [4.78, 5) is 14.6. The molecule has 1 atom stereocenters. The Labute approximate surface area is 172 Å². The van der Waals surface area contributed by atoms with E-state index in [2.05, 4.69) is 16.9 Å². The molecule has 1 unspecified atom stereocenters. The lowest BCUT2D eigenvalue weighted by Gasteiger charge is -2.33. The number of benzene rings is 2. The zero-order chi connectivity index (χ0) is 20.9.